The van der Waals surface area contributed by atoms with E-state index >= 15 is 0 Å². The van der Waals surface area contributed by atoms with Gasteiger partial charge in [0.1, 0.15) is 5.76 Å². The first kappa shape index (κ1) is 10.6. The Morgan fingerprint density at radius 2 is 2.12 bits per heavy atom. The standard InChI is InChI=1S/C15H17NO/c1-11-12-5-3-6-14(15-7-4-10-17-15)13(12)8-9-16(11)2/h3-7,10-11H,8-9H2,1-2H3. The fourth-order valence-electron chi connectivity index (χ4n) is 2.66. The third kappa shape index (κ3) is 1.69. The van der Waals surface area contributed by atoms with Crippen LogP contribution in [0.5, 0.6) is 0 Å². The molecule has 1 aliphatic heterocycles. The Hall–Kier alpha value is -1.54. The van der Waals surface area contributed by atoms with Gasteiger partial charge in [-0.25, -0.2) is 0 Å². The van der Waals surface area contributed by atoms with Crippen molar-refractivity contribution in [2.75, 3.05) is 13.6 Å². The van der Waals surface area contributed by atoms with Gasteiger partial charge in [-0.1, -0.05) is 18.2 Å². The number of rotatable bonds is 1. The number of nitrogens with zero attached hydrogens (tertiary/aromatic N) is 1. The lowest BCUT2D eigenvalue weighted by molar-refractivity contribution is 0.248. The topological polar surface area (TPSA) is 16.4 Å². The highest BCUT2D eigenvalue weighted by Crippen LogP contribution is 2.34. The molecule has 0 N–H and O–H groups in total. The lowest BCUT2D eigenvalue weighted by Crippen LogP contribution is -2.30. The molecular formula is C15H17NO. The van der Waals surface area contributed by atoms with Crippen LogP contribution >= 0.6 is 0 Å². The predicted molar refractivity (Wildman–Crippen MR) is 68.9 cm³/mol. The number of benzene rings is 1. The Bertz CT molecular complexity index is 516. The smallest absolute Gasteiger partial charge is 0.134 e. The molecule has 0 bridgehead atoms. The zero-order valence-electron chi connectivity index (χ0n) is 10.3. The van der Waals surface area contributed by atoms with E-state index in [-0.39, 0.29) is 0 Å². The van der Waals surface area contributed by atoms with Crippen LogP contribution in [0.3, 0.4) is 0 Å². The second-order valence-corrected chi connectivity index (χ2v) is 4.76. The van der Waals surface area contributed by atoms with Crippen LogP contribution in [0.4, 0.5) is 0 Å². The summed E-state index contributed by atoms with van der Waals surface area (Å²) in [5, 5.41) is 0. The maximum atomic E-state index is 5.53. The molecule has 0 saturated carbocycles. The highest BCUT2D eigenvalue weighted by atomic mass is 16.3. The molecule has 0 amide bonds. The molecular weight excluding hydrogens is 210 g/mol. The monoisotopic (exact) mass is 227 g/mol. The lowest BCUT2D eigenvalue weighted by Gasteiger charge is -2.33. The Morgan fingerprint density at radius 1 is 1.24 bits per heavy atom. The van der Waals surface area contributed by atoms with Gasteiger partial charge in [-0.15, -0.1) is 0 Å². The van der Waals surface area contributed by atoms with Crippen LogP contribution in [0.25, 0.3) is 11.3 Å². The molecule has 0 radical (unpaired) electrons. The minimum atomic E-state index is 0.494. The molecule has 3 rings (SSSR count). The SMILES string of the molecule is CC1c2cccc(-c3ccco3)c2CCN1C. The van der Waals surface area contributed by atoms with Crippen LogP contribution in [-0.2, 0) is 6.42 Å². The van der Waals surface area contributed by atoms with Crippen molar-refractivity contribution in [1.29, 1.82) is 0 Å². The van der Waals surface area contributed by atoms with Crippen molar-refractivity contribution in [3.63, 3.8) is 0 Å². The normalized spacial score (nSPS) is 20.2. The van der Waals surface area contributed by atoms with E-state index in [2.05, 4.69) is 37.1 Å². The van der Waals surface area contributed by atoms with Gasteiger partial charge in [-0.05, 0) is 43.7 Å². The summed E-state index contributed by atoms with van der Waals surface area (Å²) in [7, 11) is 2.19. The average molecular weight is 227 g/mol. The van der Waals surface area contributed by atoms with Crippen LogP contribution in [0.1, 0.15) is 24.1 Å². The van der Waals surface area contributed by atoms with Crippen molar-refractivity contribution in [3.8, 4) is 11.3 Å². The number of hydrogen-bond acceptors (Lipinski definition) is 2. The van der Waals surface area contributed by atoms with Crippen LogP contribution < -0.4 is 0 Å². The maximum absolute atomic E-state index is 5.53. The Labute approximate surface area is 102 Å². The predicted octanol–water partition coefficient (Wildman–Crippen LogP) is 3.50. The molecule has 0 saturated heterocycles. The van der Waals surface area contributed by atoms with E-state index in [4.69, 9.17) is 4.42 Å². The molecule has 0 spiro atoms. The van der Waals surface area contributed by atoms with E-state index in [1.54, 1.807) is 6.26 Å². The Morgan fingerprint density at radius 3 is 2.88 bits per heavy atom. The minimum absolute atomic E-state index is 0.494. The van der Waals surface area contributed by atoms with Crippen LogP contribution in [-0.4, -0.2) is 18.5 Å². The molecule has 1 aromatic carbocycles. The minimum Gasteiger partial charge on any atom is -0.464 e. The van der Waals surface area contributed by atoms with E-state index < -0.39 is 0 Å². The van der Waals surface area contributed by atoms with E-state index in [0.717, 1.165) is 18.7 Å². The van der Waals surface area contributed by atoms with Gasteiger partial charge in [0, 0.05) is 18.2 Å². The van der Waals surface area contributed by atoms with Crippen molar-refractivity contribution in [3.05, 3.63) is 47.7 Å². The number of likely N-dealkylation sites (N-methyl/N-ethyl adjacent to an activating group) is 1. The van der Waals surface area contributed by atoms with Crippen molar-refractivity contribution in [1.82, 2.24) is 4.90 Å². The summed E-state index contributed by atoms with van der Waals surface area (Å²) in [6.45, 7) is 3.38. The van der Waals surface area contributed by atoms with Crippen LogP contribution in [0.15, 0.2) is 41.0 Å². The average Bonchev–Trinajstić information content (AvgIpc) is 2.87. The zero-order valence-corrected chi connectivity index (χ0v) is 10.3. The second kappa shape index (κ2) is 4.04. The number of fused-ring (bicyclic) bond motifs is 1. The number of furan rings is 1. The van der Waals surface area contributed by atoms with E-state index in [0.29, 0.717) is 6.04 Å². The maximum Gasteiger partial charge on any atom is 0.134 e. The van der Waals surface area contributed by atoms with E-state index in [1.165, 1.54) is 16.7 Å². The first-order valence-corrected chi connectivity index (χ1v) is 6.13. The van der Waals surface area contributed by atoms with Crippen LogP contribution in [0, 0.1) is 0 Å². The van der Waals surface area contributed by atoms with Gasteiger partial charge in [-0.3, -0.25) is 4.90 Å². The molecule has 2 aromatic rings. The van der Waals surface area contributed by atoms with E-state index in [9.17, 15) is 0 Å². The highest BCUT2D eigenvalue weighted by molar-refractivity contribution is 5.64. The molecule has 2 heterocycles. The number of hydrogen-bond donors (Lipinski definition) is 0. The zero-order chi connectivity index (χ0) is 11.8. The Balaban J connectivity index is 2.14. The molecule has 88 valence electrons. The summed E-state index contributed by atoms with van der Waals surface area (Å²) >= 11 is 0. The largest absolute Gasteiger partial charge is 0.464 e. The summed E-state index contributed by atoms with van der Waals surface area (Å²) < 4.78 is 5.53. The molecule has 0 fully saturated rings. The molecule has 17 heavy (non-hydrogen) atoms. The quantitative estimate of drug-likeness (QED) is 0.741. The van der Waals surface area contributed by atoms with Gasteiger partial charge in [0.05, 0.1) is 6.26 Å². The second-order valence-electron chi connectivity index (χ2n) is 4.76. The molecule has 2 nitrogen and oxygen atoms in total. The third-order valence-corrected chi connectivity index (χ3v) is 3.82. The van der Waals surface area contributed by atoms with E-state index in [1.807, 2.05) is 12.1 Å². The third-order valence-electron chi connectivity index (χ3n) is 3.82. The fourth-order valence-corrected chi connectivity index (χ4v) is 2.66. The molecule has 1 atom stereocenters. The summed E-state index contributed by atoms with van der Waals surface area (Å²) in [6.07, 6.45) is 2.85. The van der Waals surface area contributed by atoms with Gasteiger partial charge >= 0.3 is 0 Å². The molecule has 1 aliphatic rings. The summed E-state index contributed by atoms with van der Waals surface area (Å²) in [5.41, 5.74) is 4.15. The van der Waals surface area contributed by atoms with Gasteiger partial charge < -0.3 is 4.42 Å². The Kier molecular flexibility index (Phi) is 2.52. The van der Waals surface area contributed by atoms with Gasteiger partial charge in [0.2, 0.25) is 0 Å². The van der Waals surface area contributed by atoms with Crippen molar-refractivity contribution >= 4 is 0 Å². The summed E-state index contributed by atoms with van der Waals surface area (Å²) in [6, 6.07) is 11.0. The van der Waals surface area contributed by atoms with Crippen LogP contribution in [0.2, 0.25) is 0 Å². The summed E-state index contributed by atoms with van der Waals surface area (Å²) in [5.74, 6) is 0.985. The lowest BCUT2D eigenvalue weighted by atomic mass is 9.89. The molecule has 0 aliphatic carbocycles. The fraction of sp³-hybridized carbons (Fsp3) is 0.333. The van der Waals surface area contributed by atoms with Gasteiger partial charge in [-0.2, -0.15) is 0 Å². The first-order chi connectivity index (χ1) is 8.27. The van der Waals surface area contributed by atoms with Gasteiger partial charge in [0.25, 0.3) is 0 Å². The van der Waals surface area contributed by atoms with Crippen molar-refractivity contribution < 1.29 is 4.42 Å². The molecule has 1 unspecified atom stereocenters. The molecule has 1 aromatic heterocycles. The summed E-state index contributed by atoms with van der Waals surface area (Å²) in [4.78, 5) is 2.40. The first-order valence-electron chi connectivity index (χ1n) is 6.13. The van der Waals surface area contributed by atoms with Crippen molar-refractivity contribution in [2.24, 2.45) is 0 Å². The molecule has 2 heteroatoms. The van der Waals surface area contributed by atoms with Crippen molar-refractivity contribution in [2.45, 2.75) is 19.4 Å². The highest BCUT2D eigenvalue weighted by Gasteiger charge is 2.23. The van der Waals surface area contributed by atoms with Gasteiger partial charge in [0.15, 0.2) is 0 Å².